The quantitative estimate of drug-likeness (QED) is 0.375. The van der Waals surface area contributed by atoms with E-state index in [-0.39, 0.29) is 30.4 Å². The number of amides is 1. The van der Waals surface area contributed by atoms with Gasteiger partial charge in [-0.05, 0) is 26.0 Å². The van der Waals surface area contributed by atoms with Gasteiger partial charge in [-0.3, -0.25) is 4.79 Å². The summed E-state index contributed by atoms with van der Waals surface area (Å²) in [6.07, 6.45) is 0.136. The lowest BCUT2D eigenvalue weighted by Crippen LogP contribution is -2.39. The number of hydrogen-bond donors (Lipinski definition) is 2. The second-order valence-electron chi connectivity index (χ2n) is 4.54. The summed E-state index contributed by atoms with van der Waals surface area (Å²) in [7, 11) is 0. The fourth-order valence-corrected chi connectivity index (χ4v) is 1.70. The van der Waals surface area contributed by atoms with Gasteiger partial charge in [0.05, 0.1) is 5.56 Å². The van der Waals surface area contributed by atoms with Gasteiger partial charge in [0.15, 0.2) is 11.6 Å². The first kappa shape index (κ1) is 15.9. The molecule has 1 rings (SSSR count). The lowest BCUT2D eigenvalue weighted by atomic mass is 10.1. The number of halogens is 2. The predicted molar refractivity (Wildman–Crippen MR) is 70.6 cm³/mol. The molecule has 0 aliphatic rings. The lowest BCUT2D eigenvalue weighted by Gasteiger charge is -2.26. The molecule has 0 bridgehead atoms. The molecule has 110 valence electrons. The van der Waals surface area contributed by atoms with E-state index in [4.69, 9.17) is 10.9 Å². The van der Waals surface area contributed by atoms with Crippen LogP contribution in [0, 0.1) is 11.6 Å². The van der Waals surface area contributed by atoms with E-state index < -0.39 is 17.5 Å². The molecular weight excluding hydrogens is 268 g/mol. The number of amidine groups is 1. The molecule has 1 aromatic carbocycles. The maximum Gasteiger partial charge on any atom is 0.257 e. The minimum atomic E-state index is -1.17. The van der Waals surface area contributed by atoms with Gasteiger partial charge in [-0.15, -0.1) is 0 Å². The summed E-state index contributed by atoms with van der Waals surface area (Å²) in [6.45, 7) is 3.62. The molecule has 5 nitrogen and oxygen atoms in total. The van der Waals surface area contributed by atoms with Crippen molar-refractivity contribution in [1.29, 1.82) is 0 Å². The Balaban J connectivity index is 2.97. The number of benzene rings is 1. The van der Waals surface area contributed by atoms with Gasteiger partial charge >= 0.3 is 0 Å². The lowest BCUT2D eigenvalue weighted by molar-refractivity contribution is 0.0705. The Morgan fingerprint density at radius 3 is 2.65 bits per heavy atom. The SMILES string of the molecule is CC(C)N(CCC(N)=NO)C(=O)c1cccc(F)c1F. The average molecular weight is 285 g/mol. The minimum Gasteiger partial charge on any atom is -0.409 e. The van der Waals surface area contributed by atoms with Crippen LogP contribution in [0.2, 0.25) is 0 Å². The van der Waals surface area contributed by atoms with Crippen molar-refractivity contribution in [3.8, 4) is 0 Å². The van der Waals surface area contributed by atoms with Crippen molar-refractivity contribution < 1.29 is 18.8 Å². The fraction of sp³-hybridized carbons (Fsp3) is 0.385. The number of carbonyl (C=O) groups is 1. The summed E-state index contributed by atoms with van der Waals surface area (Å²) < 4.78 is 26.8. The van der Waals surface area contributed by atoms with Crippen molar-refractivity contribution in [2.75, 3.05) is 6.54 Å². The Morgan fingerprint density at radius 1 is 1.45 bits per heavy atom. The van der Waals surface area contributed by atoms with Crippen molar-refractivity contribution in [1.82, 2.24) is 4.90 Å². The Hall–Kier alpha value is -2.18. The second kappa shape index (κ2) is 6.83. The molecule has 3 N–H and O–H groups in total. The van der Waals surface area contributed by atoms with E-state index in [1.54, 1.807) is 13.8 Å². The highest BCUT2D eigenvalue weighted by Crippen LogP contribution is 2.15. The molecule has 0 radical (unpaired) electrons. The van der Waals surface area contributed by atoms with Crippen molar-refractivity contribution in [2.24, 2.45) is 10.9 Å². The summed E-state index contributed by atoms with van der Waals surface area (Å²) in [4.78, 5) is 13.6. The number of carbonyl (C=O) groups excluding carboxylic acids is 1. The Bertz CT molecular complexity index is 518. The van der Waals surface area contributed by atoms with Gasteiger partial charge in [0.25, 0.3) is 5.91 Å². The van der Waals surface area contributed by atoms with Crippen LogP contribution in [-0.4, -0.2) is 34.4 Å². The van der Waals surface area contributed by atoms with Gasteiger partial charge in [0.2, 0.25) is 0 Å². The average Bonchev–Trinajstić information content (AvgIpc) is 2.41. The molecule has 0 aliphatic carbocycles. The Labute approximate surface area is 115 Å². The minimum absolute atomic E-state index is 0.0387. The summed E-state index contributed by atoms with van der Waals surface area (Å²) in [5.41, 5.74) is 5.01. The molecule has 0 atom stereocenters. The molecule has 0 fully saturated rings. The third-order valence-corrected chi connectivity index (χ3v) is 2.80. The van der Waals surface area contributed by atoms with E-state index >= 15 is 0 Å². The summed E-state index contributed by atoms with van der Waals surface area (Å²) in [5, 5.41) is 11.3. The van der Waals surface area contributed by atoms with Gasteiger partial charge in [0, 0.05) is 19.0 Å². The van der Waals surface area contributed by atoms with Crippen LogP contribution < -0.4 is 5.73 Å². The van der Waals surface area contributed by atoms with Gasteiger partial charge < -0.3 is 15.8 Å². The van der Waals surface area contributed by atoms with Crippen LogP contribution >= 0.6 is 0 Å². The number of nitrogens with zero attached hydrogens (tertiary/aromatic N) is 2. The number of hydrogen-bond acceptors (Lipinski definition) is 3. The van der Waals surface area contributed by atoms with Crippen LogP contribution in [0.5, 0.6) is 0 Å². The van der Waals surface area contributed by atoms with Crippen molar-refractivity contribution in [2.45, 2.75) is 26.3 Å². The predicted octanol–water partition coefficient (Wildman–Crippen LogP) is 1.95. The molecule has 1 amide bonds. The maximum absolute atomic E-state index is 13.6. The fourth-order valence-electron chi connectivity index (χ4n) is 1.70. The van der Waals surface area contributed by atoms with E-state index in [9.17, 15) is 13.6 Å². The smallest absolute Gasteiger partial charge is 0.257 e. The zero-order valence-electron chi connectivity index (χ0n) is 11.3. The van der Waals surface area contributed by atoms with E-state index in [1.165, 1.54) is 17.0 Å². The van der Waals surface area contributed by atoms with Crippen LogP contribution in [0.1, 0.15) is 30.6 Å². The van der Waals surface area contributed by atoms with E-state index in [1.807, 2.05) is 0 Å². The van der Waals surface area contributed by atoms with E-state index in [0.29, 0.717) is 0 Å². The number of oxime groups is 1. The number of rotatable bonds is 5. The summed E-state index contributed by atoms with van der Waals surface area (Å²) in [6, 6.07) is 3.20. The molecule has 20 heavy (non-hydrogen) atoms. The second-order valence-corrected chi connectivity index (χ2v) is 4.54. The standard InChI is InChI=1S/C13H17F2N3O2/c1-8(2)18(7-6-11(16)17-20)13(19)9-4-3-5-10(14)12(9)15/h3-5,8,20H,6-7H2,1-2H3,(H2,16,17). The molecule has 0 aromatic heterocycles. The van der Waals surface area contributed by atoms with Crippen LogP contribution in [0.3, 0.4) is 0 Å². The van der Waals surface area contributed by atoms with Crippen LogP contribution in [-0.2, 0) is 0 Å². The molecule has 7 heteroatoms. The third-order valence-electron chi connectivity index (χ3n) is 2.80. The summed E-state index contributed by atoms with van der Waals surface area (Å²) in [5.74, 6) is -2.92. The highest BCUT2D eigenvalue weighted by molar-refractivity contribution is 5.95. The van der Waals surface area contributed by atoms with Gasteiger partial charge in [-0.1, -0.05) is 11.2 Å². The first-order chi connectivity index (χ1) is 9.38. The van der Waals surface area contributed by atoms with Crippen LogP contribution in [0.15, 0.2) is 23.4 Å². The Kier molecular flexibility index (Phi) is 5.42. The zero-order chi connectivity index (χ0) is 15.3. The number of nitrogens with two attached hydrogens (primary N) is 1. The Morgan fingerprint density at radius 2 is 2.10 bits per heavy atom. The molecule has 0 aliphatic heterocycles. The molecular formula is C13H17F2N3O2. The van der Waals surface area contributed by atoms with Crippen LogP contribution in [0.25, 0.3) is 0 Å². The topological polar surface area (TPSA) is 78.9 Å². The normalized spacial score (nSPS) is 11.8. The molecule has 0 spiro atoms. The van der Waals surface area contributed by atoms with E-state index in [0.717, 1.165) is 6.07 Å². The van der Waals surface area contributed by atoms with Gasteiger partial charge in [-0.2, -0.15) is 0 Å². The largest absolute Gasteiger partial charge is 0.409 e. The highest BCUT2D eigenvalue weighted by atomic mass is 19.2. The molecule has 0 unspecified atom stereocenters. The van der Waals surface area contributed by atoms with Gasteiger partial charge in [-0.25, -0.2) is 8.78 Å². The molecule has 1 aromatic rings. The molecule has 0 saturated carbocycles. The molecule has 0 heterocycles. The maximum atomic E-state index is 13.6. The third kappa shape index (κ3) is 3.66. The first-order valence-corrected chi connectivity index (χ1v) is 6.09. The van der Waals surface area contributed by atoms with Crippen molar-refractivity contribution in [3.63, 3.8) is 0 Å². The monoisotopic (exact) mass is 285 g/mol. The van der Waals surface area contributed by atoms with E-state index in [2.05, 4.69) is 5.16 Å². The zero-order valence-corrected chi connectivity index (χ0v) is 11.3. The molecule has 0 saturated heterocycles. The van der Waals surface area contributed by atoms with Crippen molar-refractivity contribution >= 4 is 11.7 Å². The highest BCUT2D eigenvalue weighted by Gasteiger charge is 2.23. The first-order valence-electron chi connectivity index (χ1n) is 6.09. The summed E-state index contributed by atoms with van der Waals surface area (Å²) >= 11 is 0. The van der Waals surface area contributed by atoms with Crippen LogP contribution in [0.4, 0.5) is 8.78 Å². The van der Waals surface area contributed by atoms with Gasteiger partial charge in [0.1, 0.15) is 5.84 Å². The van der Waals surface area contributed by atoms with Crippen molar-refractivity contribution in [3.05, 3.63) is 35.4 Å².